The van der Waals surface area contributed by atoms with E-state index in [4.69, 9.17) is 9.29 Å². The summed E-state index contributed by atoms with van der Waals surface area (Å²) in [7, 11) is -4.78. The summed E-state index contributed by atoms with van der Waals surface area (Å²) >= 11 is 0. The molecule has 0 bridgehead atoms. The van der Waals surface area contributed by atoms with Gasteiger partial charge in [0.05, 0.1) is 12.2 Å². The first-order chi connectivity index (χ1) is 8.77. The molecule has 0 fully saturated rings. The molecule has 0 aliphatic carbocycles. The van der Waals surface area contributed by atoms with Gasteiger partial charge in [-0.1, -0.05) is 13.3 Å². The zero-order chi connectivity index (χ0) is 14.6. The Kier molecular flexibility index (Phi) is 4.73. The normalized spacial score (nSPS) is 11.3. The van der Waals surface area contributed by atoms with Crippen LogP contribution in [0.5, 0.6) is 11.5 Å². The van der Waals surface area contributed by atoms with Crippen LogP contribution in [-0.4, -0.2) is 35.8 Å². The molecule has 0 spiro atoms. The van der Waals surface area contributed by atoms with Gasteiger partial charge in [-0.3, -0.25) is 4.55 Å². The van der Waals surface area contributed by atoms with Crippen LogP contribution in [0.15, 0.2) is 17.0 Å². The van der Waals surface area contributed by atoms with Crippen LogP contribution in [0.1, 0.15) is 30.1 Å². The van der Waals surface area contributed by atoms with Gasteiger partial charge in [0.1, 0.15) is 11.5 Å². The summed E-state index contributed by atoms with van der Waals surface area (Å²) in [5.74, 6) is -2.66. The first-order valence-electron chi connectivity index (χ1n) is 5.48. The van der Waals surface area contributed by atoms with Crippen LogP contribution in [0.4, 0.5) is 0 Å². The topological polar surface area (TPSA) is 121 Å². The van der Waals surface area contributed by atoms with Gasteiger partial charge in [0, 0.05) is 0 Å². The van der Waals surface area contributed by atoms with Gasteiger partial charge in [0.15, 0.2) is 4.90 Å². The number of carbonyl (C=O) groups excluding carboxylic acids is 1. The van der Waals surface area contributed by atoms with Crippen molar-refractivity contribution < 1.29 is 32.7 Å². The lowest BCUT2D eigenvalue weighted by atomic mass is 10.2. The Morgan fingerprint density at radius 3 is 2.21 bits per heavy atom. The van der Waals surface area contributed by atoms with Crippen LogP contribution >= 0.6 is 0 Å². The van der Waals surface area contributed by atoms with E-state index >= 15 is 0 Å². The first kappa shape index (κ1) is 15.3. The lowest BCUT2D eigenvalue weighted by molar-refractivity contribution is 0.0498. The van der Waals surface area contributed by atoms with Gasteiger partial charge in [0.2, 0.25) is 0 Å². The van der Waals surface area contributed by atoms with Gasteiger partial charge in [-0.15, -0.1) is 0 Å². The minimum atomic E-state index is -4.78. The summed E-state index contributed by atoms with van der Waals surface area (Å²) in [6, 6.07) is 1.61. The van der Waals surface area contributed by atoms with Gasteiger partial charge in [-0.2, -0.15) is 8.42 Å². The van der Waals surface area contributed by atoms with E-state index in [-0.39, 0.29) is 12.2 Å². The summed E-state index contributed by atoms with van der Waals surface area (Å²) in [6.45, 7) is 2.09. The van der Waals surface area contributed by atoms with Crippen LogP contribution in [-0.2, 0) is 14.9 Å². The van der Waals surface area contributed by atoms with Crippen molar-refractivity contribution in [3.8, 4) is 11.5 Å². The molecule has 0 atom stereocenters. The number of unbranched alkanes of at least 4 members (excludes halogenated alkanes) is 1. The number of esters is 1. The number of benzene rings is 1. The first-order valence-corrected chi connectivity index (χ1v) is 6.92. The summed E-state index contributed by atoms with van der Waals surface area (Å²) < 4.78 is 35.4. The van der Waals surface area contributed by atoms with E-state index in [1.165, 1.54) is 0 Å². The summed E-state index contributed by atoms with van der Waals surface area (Å²) in [6.07, 6.45) is 1.48. The molecule has 1 aromatic rings. The Morgan fingerprint density at radius 1 is 1.26 bits per heavy atom. The molecule has 3 N–H and O–H groups in total. The van der Waals surface area contributed by atoms with Crippen molar-refractivity contribution in [1.82, 2.24) is 0 Å². The van der Waals surface area contributed by atoms with Crippen molar-refractivity contribution in [2.24, 2.45) is 0 Å². The third kappa shape index (κ3) is 3.83. The van der Waals surface area contributed by atoms with Gasteiger partial charge in [0.25, 0.3) is 0 Å². The third-order valence-corrected chi connectivity index (χ3v) is 3.21. The van der Waals surface area contributed by atoms with Crippen molar-refractivity contribution in [3.63, 3.8) is 0 Å². The summed E-state index contributed by atoms with van der Waals surface area (Å²) in [5.41, 5.74) is -0.210. The molecule has 0 saturated heterocycles. The van der Waals surface area contributed by atoms with Crippen LogP contribution in [0.25, 0.3) is 0 Å². The molecule has 8 heteroatoms. The minimum Gasteiger partial charge on any atom is -0.506 e. The molecule has 0 heterocycles. The van der Waals surface area contributed by atoms with Gasteiger partial charge in [-0.05, 0) is 18.6 Å². The second kappa shape index (κ2) is 5.89. The molecule has 0 aromatic heterocycles. The molecule has 0 radical (unpaired) electrons. The van der Waals surface area contributed by atoms with Gasteiger partial charge < -0.3 is 14.9 Å². The van der Waals surface area contributed by atoms with E-state index in [9.17, 15) is 23.4 Å². The standard InChI is InChI=1S/C11H14O7S/c1-2-3-4-18-11(14)7-5-8(12)10(9(13)6-7)19(15,16)17/h5-6,12-13H,2-4H2,1H3,(H,15,16,17). The lowest BCUT2D eigenvalue weighted by Crippen LogP contribution is -2.07. The van der Waals surface area contributed by atoms with Gasteiger partial charge in [-0.25, -0.2) is 4.79 Å². The molecule has 1 rings (SSSR count). The Hall–Kier alpha value is -1.80. The van der Waals surface area contributed by atoms with Crippen LogP contribution in [0, 0.1) is 0 Å². The monoisotopic (exact) mass is 290 g/mol. The molecule has 7 nitrogen and oxygen atoms in total. The lowest BCUT2D eigenvalue weighted by Gasteiger charge is -2.08. The third-order valence-electron chi connectivity index (χ3n) is 2.27. The molecule has 0 saturated carbocycles. The SMILES string of the molecule is CCCCOC(=O)c1cc(O)c(S(=O)(=O)O)c(O)c1. The smallest absolute Gasteiger partial charge is 0.338 e. The number of ether oxygens (including phenoxy) is 1. The van der Waals surface area contributed by atoms with E-state index in [0.717, 1.165) is 18.6 Å². The number of carbonyl (C=O) groups is 1. The minimum absolute atomic E-state index is 0.177. The average Bonchev–Trinajstić information content (AvgIpc) is 2.26. The van der Waals surface area contributed by atoms with E-state index < -0.39 is 32.5 Å². The van der Waals surface area contributed by atoms with Crippen molar-refractivity contribution in [3.05, 3.63) is 17.7 Å². The zero-order valence-corrected chi connectivity index (χ0v) is 11.0. The zero-order valence-electron chi connectivity index (χ0n) is 10.2. The van der Waals surface area contributed by atoms with Crippen molar-refractivity contribution in [2.45, 2.75) is 24.7 Å². The highest BCUT2D eigenvalue weighted by molar-refractivity contribution is 7.86. The Balaban J connectivity index is 3.05. The molecule has 0 unspecified atom stereocenters. The highest BCUT2D eigenvalue weighted by Crippen LogP contribution is 2.33. The highest BCUT2D eigenvalue weighted by Gasteiger charge is 2.23. The molecule has 0 aliphatic rings. The van der Waals surface area contributed by atoms with E-state index in [2.05, 4.69) is 0 Å². The molecule has 106 valence electrons. The molecule has 0 aliphatic heterocycles. The molecular weight excluding hydrogens is 276 g/mol. The van der Waals surface area contributed by atoms with Gasteiger partial charge >= 0.3 is 16.1 Å². The number of rotatable bonds is 5. The Morgan fingerprint density at radius 2 is 1.79 bits per heavy atom. The fraction of sp³-hybridized carbons (Fsp3) is 0.364. The number of aromatic hydroxyl groups is 2. The van der Waals surface area contributed by atoms with Crippen LogP contribution < -0.4 is 0 Å². The van der Waals surface area contributed by atoms with Crippen LogP contribution in [0.2, 0.25) is 0 Å². The quantitative estimate of drug-likeness (QED) is 0.424. The maximum atomic E-state index is 11.5. The summed E-state index contributed by atoms with van der Waals surface area (Å²) in [5, 5.41) is 18.8. The molecule has 0 amide bonds. The average molecular weight is 290 g/mol. The van der Waals surface area contributed by atoms with E-state index in [0.29, 0.717) is 6.42 Å². The number of phenols is 2. The van der Waals surface area contributed by atoms with Crippen molar-refractivity contribution in [1.29, 1.82) is 0 Å². The Labute approximate surface area is 110 Å². The second-order valence-electron chi connectivity index (χ2n) is 3.81. The molecule has 1 aromatic carbocycles. The predicted molar refractivity (Wildman–Crippen MR) is 64.8 cm³/mol. The predicted octanol–water partition coefficient (Wildman–Crippen LogP) is 1.30. The maximum absolute atomic E-state index is 11.5. The number of hydrogen-bond donors (Lipinski definition) is 3. The fourth-order valence-corrected chi connectivity index (χ4v) is 2.02. The highest BCUT2D eigenvalue weighted by atomic mass is 32.2. The fourth-order valence-electron chi connectivity index (χ4n) is 1.37. The maximum Gasteiger partial charge on any atom is 0.338 e. The second-order valence-corrected chi connectivity index (χ2v) is 5.17. The Bertz CT molecular complexity index is 554. The van der Waals surface area contributed by atoms with E-state index in [1.807, 2.05) is 6.92 Å². The molecular formula is C11H14O7S. The largest absolute Gasteiger partial charge is 0.506 e. The number of phenolic OH excluding ortho intramolecular Hbond substituents is 2. The summed E-state index contributed by atoms with van der Waals surface area (Å²) in [4.78, 5) is 10.5. The van der Waals surface area contributed by atoms with Crippen LogP contribution in [0.3, 0.4) is 0 Å². The van der Waals surface area contributed by atoms with E-state index in [1.54, 1.807) is 0 Å². The van der Waals surface area contributed by atoms with Crippen molar-refractivity contribution in [2.75, 3.05) is 6.61 Å². The number of hydrogen-bond acceptors (Lipinski definition) is 6. The molecule has 19 heavy (non-hydrogen) atoms. The van der Waals surface area contributed by atoms with Crippen molar-refractivity contribution >= 4 is 16.1 Å².